The van der Waals surface area contributed by atoms with Crippen molar-refractivity contribution in [2.75, 3.05) is 23.7 Å². The van der Waals surface area contributed by atoms with Gasteiger partial charge in [0.05, 0.1) is 6.33 Å². The Balaban J connectivity index is 1.83. The Morgan fingerprint density at radius 2 is 2.11 bits per heavy atom. The van der Waals surface area contributed by atoms with E-state index < -0.39 is 0 Å². The zero-order valence-electron chi connectivity index (χ0n) is 10.3. The summed E-state index contributed by atoms with van der Waals surface area (Å²) in [7, 11) is 0. The van der Waals surface area contributed by atoms with Crippen molar-refractivity contribution in [2.45, 2.75) is 25.3 Å². The molecule has 3 atom stereocenters. The first-order valence-electron chi connectivity index (χ1n) is 6.49. The van der Waals surface area contributed by atoms with Gasteiger partial charge in [-0.25, -0.2) is 4.98 Å². The number of rotatable bonds is 1. The predicted molar refractivity (Wildman–Crippen MR) is 70.3 cm³/mol. The Labute approximate surface area is 105 Å². The third-order valence-corrected chi connectivity index (χ3v) is 4.26. The topological polar surface area (TPSA) is 101 Å². The molecule has 6 nitrogen and oxygen atoms in total. The minimum Gasteiger partial charge on any atom is -0.391 e. The van der Waals surface area contributed by atoms with Crippen LogP contribution in [0.5, 0.6) is 0 Å². The molecule has 2 aliphatic rings. The average Bonchev–Trinajstić information content (AvgIpc) is 2.75. The highest BCUT2D eigenvalue weighted by atomic mass is 16.1. The number of nitrogens with one attached hydrogen (secondary N) is 1. The van der Waals surface area contributed by atoms with Gasteiger partial charge in [-0.3, -0.25) is 4.79 Å². The van der Waals surface area contributed by atoms with Crippen LogP contribution in [-0.4, -0.2) is 29.1 Å². The lowest BCUT2D eigenvalue weighted by molar-refractivity contribution is 0.271. The molecule has 6 heteroatoms. The summed E-state index contributed by atoms with van der Waals surface area (Å²) in [5.41, 5.74) is 11.8. The number of aromatic amines is 1. The lowest BCUT2D eigenvalue weighted by Gasteiger charge is -2.27. The first-order chi connectivity index (χ1) is 8.65. The summed E-state index contributed by atoms with van der Waals surface area (Å²) < 4.78 is 0. The third kappa shape index (κ3) is 1.86. The van der Waals surface area contributed by atoms with Crippen molar-refractivity contribution >= 4 is 11.5 Å². The Hall–Kier alpha value is -1.56. The van der Waals surface area contributed by atoms with Crippen molar-refractivity contribution in [1.29, 1.82) is 0 Å². The number of anilines is 2. The molecule has 0 spiro atoms. The van der Waals surface area contributed by atoms with Crippen molar-refractivity contribution in [3.8, 4) is 0 Å². The van der Waals surface area contributed by atoms with Gasteiger partial charge in [-0.15, -0.1) is 0 Å². The zero-order valence-corrected chi connectivity index (χ0v) is 10.3. The number of fused-ring (bicyclic) bond motifs is 1. The van der Waals surface area contributed by atoms with Crippen LogP contribution in [0.25, 0.3) is 0 Å². The fourth-order valence-electron chi connectivity index (χ4n) is 3.29. The van der Waals surface area contributed by atoms with E-state index in [0.29, 0.717) is 23.7 Å². The van der Waals surface area contributed by atoms with Crippen molar-refractivity contribution in [3.05, 3.63) is 16.7 Å². The van der Waals surface area contributed by atoms with Crippen LogP contribution in [0.15, 0.2) is 11.1 Å². The van der Waals surface area contributed by atoms with E-state index in [1.54, 1.807) is 0 Å². The molecule has 1 saturated carbocycles. The van der Waals surface area contributed by atoms with Gasteiger partial charge in [0.25, 0.3) is 5.56 Å². The maximum absolute atomic E-state index is 11.5. The summed E-state index contributed by atoms with van der Waals surface area (Å²) in [6.45, 7) is 1.86. The van der Waals surface area contributed by atoms with Gasteiger partial charge < -0.3 is 21.4 Å². The Morgan fingerprint density at radius 1 is 1.33 bits per heavy atom. The van der Waals surface area contributed by atoms with E-state index >= 15 is 0 Å². The molecular weight excluding hydrogens is 230 g/mol. The number of hydrogen-bond acceptors (Lipinski definition) is 5. The van der Waals surface area contributed by atoms with Crippen LogP contribution >= 0.6 is 0 Å². The molecule has 1 unspecified atom stereocenters. The van der Waals surface area contributed by atoms with Crippen molar-refractivity contribution in [3.63, 3.8) is 0 Å². The number of hydrogen-bond donors (Lipinski definition) is 3. The second kappa shape index (κ2) is 4.28. The fraction of sp³-hybridized carbons (Fsp3) is 0.667. The van der Waals surface area contributed by atoms with E-state index in [2.05, 4.69) is 14.9 Å². The SMILES string of the molecule is Nc1c(N2C[C@H]3CCC(N)C[C@H]3C2)nc[nH]c1=O. The molecule has 1 aromatic heterocycles. The molecular formula is C12H19N5O. The van der Waals surface area contributed by atoms with Crippen molar-refractivity contribution in [1.82, 2.24) is 9.97 Å². The first kappa shape index (κ1) is 11.5. The van der Waals surface area contributed by atoms with Crippen LogP contribution in [0.1, 0.15) is 19.3 Å². The maximum atomic E-state index is 11.5. The standard InChI is InChI=1S/C12H19N5O/c13-9-2-1-7-4-17(5-8(7)3-9)11-10(14)12(18)16-6-15-11/h6-9H,1-5,13-14H2,(H,15,16,18)/t7-,8+,9?/m1/s1. The van der Waals surface area contributed by atoms with Gasteiger partial charge in [-0.1, -0.05) is 0 Å². The maximum Gasteiger partial charge on any atom is 0.276 e. The van der Waals surface area contributed by atoms with E-state index in [9.17, 15) is 4.79 Å². The van der Waals surface area contributed by atoms with Crippen LogP contribution in [0.4, 0.5) is 11.5 Å². The summed E-state index contributed by atoms with van der Waals surface area (Å²) in [5, 5.41) is 0. The summed E-state index contributed by atoms with van der Waals surface area (Å²) in [6, 6.07) is 0.329. The van der Waals surface area contributed by atoms with Gasteiger partial charge >= 0.3 is 0 Å². The smallest absolute Gasteiger partial charge is 0.276 e. The molecule has 1 saturated heterocycles. The molecule has 1 aliphatic heterocycles. The fourth-order valence-corrected chi connectivity index (χ4v) is 3.29. The van der Waals surface area contributed by atoms with Gasteiger partial charge in [0.2, 0.25) is 0 Å². The summed E-state index contributed by atoms with van der Waals surface area (Å²) in [6.07, 6.45) is 4.77. The molecule has 18 heavy (non-hydrogen) atoms. The van der Waals surface area contributed by atoms with Crippen LogP contribution < -0.4 is 21.9 Å². The minimum atomic E-state index is -0.258. The first-order valence-corrected chi connectivity index (χ1v) is 6.49. The summed E-state index contributed by atoms with van der Waals surface area (Å²) in [5.74, 6) is 1.92. The van der Waals surface area contributed by atoms with Crippen molar-refractivity contribution < 1.29 is 0 Å². The molecule has 1 aromatic rings. The summed E-state index contributed by atoms with van der Waals surface area (Å²) in [4.78, 5) is 20.3. The van der Waals surface area contributed by atoms with Crippen molar-refractivity contribution in [2.24, 2.45) is 17.6 Å². The quantitative estimate of drug-likeness (QED) is 0.646. The second-order valence-corrected chi connectivity index (χ2v) is 5.47. The molecule has 98 valence electrons. The highest BCUT2D eigenvalue weighted by Crippen LogP contribution is 2.37. The summed E-state index contributed by atoms with van der Waals surface area (Å²) >= 11 is 0. The minimum absolute atomic E-state index is 0.223. The van der Waals surface area contributed by atoms with E-state index in [-0.39, 0.29) is 11.2 Å². The lowest BCUT2D eigenvalue weighted by Crippen LogP contribution is -2.32. The van der Waals surface area contributed by atoms with E-state index in [1.807, 2.05) is 0 Å². The number of aromatic nitrogens is 2. The molecule has 2 fully saturated rings. The van der Waals surface area contributed by atoms with E-state index in [1.165, 1.54) is 12.7 Å². The lowest BCUT2D eigenvalue weighted by atomic mass is 9.79. The Morgan fingerprint density at radius 3 is 2.94 bits per heavy atom. The molecule has 0 amide bonds. The van der Waals surface area contributed by atoms with Crippen LogP contribution in [0.2, 0.25) is 0 Å². The zero-order chi connectivity index (χ0) is 12.7. The number of nitrogens with zero attached hydrogens (tertiary/aromatic N) is 2. The van der Waals surface area contributed by atoms with Gasteiger partial charge in [-0.05, 0) is 31.1 Å². The molecule has 0 bridgehead atoms. The largest absolute Gasteiger partial charge is 0.391 e. The monoisotopic (exact) mass is 249 g/mol. The van der Waals surface area contributed by atoms with Gasteiger partial charge in [-0.2, -0.15) is 0 Å². The molecule has 5 N–H and O–H groups in total. The molecule has 2 heterocycles. The van der Waals surface area contributed by atoms with Gasteiger partial charge in [0.15, 0.2) is 5.82 Å². The Kier molecular flexibility index (Phi) is 2.74. The highest BCUT2D eigenvalue weighted by molar-refractivity contribution is 5.61. The number of H-pyrrole nitrogens is 1. The molecule has 3 rings (SSSR count). The van der Waals surface area contributed by atoms with Crippen LogP contribution in [-0.2, 0) is 0 Å². The average molecular weight is 249 g/mol. The van der Waals surface area contributed by atoms with Crippen LogP contribution in [0.3, 0.4) is 0 Å². The van der Waals surface area contributed by atoms with Crippen LogP contribution in [0, 0.1) is 11.8 Å². The van der Waals surface area contributed by atoms with E-state index in [0.717, 1.165) is 25.9 Å². The normalized spacial score (nSPS) is 31.4. The highest BCUT2D eigenvalue weighted by Gasteiger charge is 2.37. The molecule has 1 aliphatic carbocycles. The Bertz CT molecular complexity index is 499. The second-order valence-electron chi connectivity index (χ2n) is 5.47. The molecule has 0 aromatic carbocycles. The van der Waals surface area contributed by atoms with E-state index in [4.69, 9.17) is 11.5 Å². The number of nitrogen functional groups attached to an aromatic ring is 1. The third-order valence-electron chi connectivity index (χ3n) is 4.26. The number of nitrogens with two attached hydrogens (primary N) is 2. The molecule has 0 radical (unpaired) electrons. The van der Waals surface area contributed by atoms with Gasteiger partial charge in [0.1, 0.15) is 5.69 Å². The van der Waals surface area contributed by atoms with Gasteiger partial charge in [0, 0.05) is 19.1 Å². The predicted octanol–water partition coefficient (Wildman–Crippen LogP) is -0.0843.